The van der Waals surface area contributed by atoms with Crippen molar-refractivity contribution in [3.63, 3.8) is 0 Å². The lowest BCUT2D eigenvalue weighted by Crippen LogP contribution is -2.40. The van der Waals surface area contributed by atoms with Crippen LogP contribution in [0.15, 0.2) is 24.3 Å². The van der Waals surface area contributed by atoms with E-state index in [1.54, 1.807) is 0 Å². The number of hydrogen-bond donors (Lipinski definition) is 2. The summed E-state index contributed by atoms with van der Waals surface area (Å²) in [5.41, 5.74) is 0.381. The van der Waals surface area contributed by atoms with Crippen LogP contribution in [0.2, 0.25) is 5.02 Å². The molecule has 0 radical (unpaired) electrons. The standard InChI is InChI=1S/C15H16ClF2NO3/c16-11-3-1-9(2-4-11)12(14(21)22)19-13(20)10-5-7-15(17,18)8-6-10/h1-4,10,12H,5-8H2,(H,19,20)(H,21,22)/t12-/m0/s1. The van der Waals surface area contributed by atoms with E-state index in [-0.39, 0.29) is 25.7 Å². The van der Waals surface area contributed by atoms with Gasteiger partial charge < -0.3 is 10.4 Å². The number of hydrogen-bond acceptors (Lipinski definition) is 2. The van der Waals surface area contributed by atoms with Crippen LogP contribution < -0.4 is 5.32 Å². The van der Waals surface area contributed by atoms with Crippen molar-refractivity contribution in [2.75, 3.05) is 0 Å². The van der Waals surface area contributed by atoms with Gasteiger partial charge in [0.15, 0.2) is 6.04 Å². The summed E-state index contributed by atoms with van der Waals surface area (Å²) < 4.78 is 26.2. The van der Waals surface area contributed by atoms with Crippen LogP contribution in [0.4, 0.5) is 8.78 Å². The van der Waals surface area contributed by atoms with Crippen LogP contribution in [0.5, 0.6) is 0 Å². The molecular formula is C15H16ClF2NO3. The second-order valence-electron chi connectivity index (χ2n) is 5.46. The fraction of sp³-hybridized carbons (Fsp3) is 0.467. The molecular weight excluding hydrogens is 316 g/mol. The first kappa shape index (κ1) is 16.7. The van der Waals surface area contributed by atoms with Gasteiger partial charge in [0.05, 0.1) is 0 Å². The summed E-state index contributed by atoms with van der Waals surface area (Å²) in [4.78, 5) is 23.5. The zero-order valence-electron chi connectivity index (χ0n) is 11.7. The van der Waals surface area contributed by atoms with Gasteiger partial charge in [-0.2, -0.15) is 0 Å². The summed E-state index contributed by atoms with van der Waals surface area (Å²) in [5.74, 6) is -5.01. The minimum absolute atomic E-state index is 0.0613. The summed E-state index contributed by atoms with van der Waals surface area (Å²) >= 11 is 5.74. The number of aliphatic carboxylic acids is 1. The number of carbonyl (C=O) groups is 2. The smallest absolute Gasteiger partial charge is 0.330 e. The van der Waals surface area contributed by atoms with Crippen molar-refractivity contribution in [3.05, 3.63) is 34.9 Å². The fourth-order valence-electron chi connectivity index (χ4n) is 2.51. The predicted octanol–water partition coefficient (Wildman–Crippen LogP) is 3.41. The number of benzene rings is 1. The molecule has 1 amide bonds. The van der Waals surface area contributed by atoms with Crippen LogP contribution in [0.25, 0.3) is 0 Å². The number of amides is 1. The van der Waals surface area contributed by atoms with E-state index in [1.165, 1.54) is 24.3 Å². The maximum Gasteiger partial charge on any atom is 0.330 e. The van der Waals surface area contributed by atoms with Crippen molar-refractivity contribution in [1.82, 2.24) is 5.32 Å². The Morgan fingerprint density at radius 2 is 1.77 bits per heavy atom. The maximum atomic E-state index is 13.1. The Kier molecular flexibility index (Phi) is 5.01. The lowest BCUT2D eigenvalue weighted by molar-refractivity contribution is -0.143. The van der Waals surface area contributed by atoms with Gasteiger partial charge >= 0.3 is 5.97 Å². The first-order valence-corrected chi connectivity index (χ1v) is 7.33. The minimum atomic E-state index is -2.72. The number of carboxylic acid groups (broad SMARTS) is 1. The van der Waals surface area contributed by atoms with Gasteiger partial charge in [0, 0.05) is 23.8 Å². The van der Waals surface area contributed by atoms with Gasteiger partial charge in [-0.25, -0.2) is 13.6 Å². The number of alkyl halides is 2. The Morgan fingerprint density at radius 1 is 1.23 bits per heavy atom. The number of nitrogens with one attached hydrogen (secondary N) is 1. The molecule has 1 atom stereocenters. The first-order chi connectivity index (χ1) is 10.3. The Hall–Kier alpha value is -1.69. The summed E-state index contributed by atoms with van der Waals surface area (Å²) in [6.07, 6.45) is -0.564. The third-order valence-electron chi connectivity index (χ3n) is 3.82. The highest BCUT2D eigenvalue weighted by Crippen LogP contribution is 2.36. The molecule has 4 nitrogen and oxygen atoms in total. The van der Waals surface area contributed by atoms with Crippen molar-refractivity contribution >= 4 is 23.5 Å². The molecule has 1 aromatic rings. The van der Waals surface area contributed by atoms with Gasteiger partial charge in [-0.1, -0.05) is 23.7 Å². The van der Waals surface area contributed by atoms with E-state index < -0.39 is 29.8 Å². The van der Waals surface area contributed by atoms with E-state index in [1.807, 2.05) is 0 Å². The Morgan fingerprint density at radius 3 is 2.27 bits per heavy atom. The largest absolute Gasteiger partial charge is 0.479 e. The summed E-state index contributed by atoms with van der Waals surface area (Å²) in [5, 5.41) is 12.1. The van der Waals surface area contributed by atoms with Gasteiger partial charge in [-0.3, -0.25) is 4.79 Å². The van der Waals surface area contributed by atoms with Crippen molar-refractivity contribution < 1.29 is 23.5 Å². The van der Waals surface area contributed by atoms with Crippen LogP contribution in [-0.4, -0.2) is 22.9 Å². The number of carboxylic acids is 1. The fourth-order valence-corrected chi connectivity index (χ4v) is 2.63. The van der Waals surface area contributed by atoms with Gasteiger partial charge in [-0.05, 0) is 30.5 Å². The molecule has 1 aliphatic carbocycles. The molecule has 2 rings (SSSR count). The average Bonchev–Trinajstić information content (AvgIpc) is 2.45. The molecule has 0 unspecified atom stereocenters. The Labute approximate surface area is 131 Å². The van der Waals surface area contributed by atoms with E-state index in [9.17, 15) is 23.5 Å². The molecule has 2 N–H and O–H groups in total. The second kappa shape index (κ2) is 6.60. The van der Waals surface area contributed by atoms with E-state index >= 15 is 0 Å². The minimum Gasteiger partial charge on any atom is -0.479 e. The molecule has 120 valence electrons. The van der Waals surface area contributed by atoms with Gasteiger partial charge in [-0.15, -0.1) is 0 Å². The van der Waals surface area contributed by atoms with Gasteiger partial charge in [0.1, 0.15) is 0 Å². The highest BCUT2D eigenvalue weighted by Gasteiger charge is 2.38. The second-order valence-corrected chi connectivity index (χ2v) is 5.90. The third-order valence-corrected chi connectivity index (χ3v) is 4.08. The van der Waals surface area contributed by atoms with E-state index in [4.69, 9.17) is 11.6 Å². The van der Waals surface area contributed by atoms with Crippen LogP contribution in [0.3, 0.4) is 0 Å². The highest BCUT2D eigenvalue weighted by atomic mass is 35.5. The molecule has 1 fully saturated rings. The maximum absolute atomic E-state index is 13.1. The van der Waals surface area contributed by atoms with Gasteiger partial charge in [0.2, 0.25) is 11.8 Å². The van der Waals surface area contributed by atoms with Crippen molar-refractivity contribution in [2.24, 2.45) is 5.92 Å². The van der Waals surface area contributed by atoms with Crippen LogP contribution in [-0.2, 0) is 9.59 Å². The molecule has 0 spiro atoms. The first-order valence-electron chi connectivity index (χ1n) is 6.95. The van der Waals surface area contributed by atoms with Crippen LogP contribution in [0, 0.1) is 5.92 Å². The predicted molar refractivity (Wildman–Crippen MR) is 76.9 cm³/mol. The zero-order chi connectivity index (χ0) is 16.3. The molecule has 22 heavy (non-hydrogen) atoms. The molecule has 0 aromatic heterocycles. The van der Waals surface area contributed by atoms with Gasteiger partial charge in [0.25, 0.3) is 0 Å². The van der Waals surface area contributed by atoms with Crippen LogP contribution in [0.1, 0.15) is 37.3 Å². The molecule has 1 saturated carbocycles. The molecule has 7 heteroatoms. The monoisotopic (exact) mass is 331 g/mol. The lowest BCUT2D eigenvalue weighted by Gasteiger charge is -2.28. The van der Waals surface area contributed by atoms with Crippen molar-refractivity contribution in [2.45, 2.75) is 37.6 Å². The highest BCUT2D eigenvalue weighted by molar-refractivity contribution is 6.30. The molecule has 0 heterocycles. The molecule has 1 aliphatic rings. The topological polar surface area (TPSA) is 66.4 Å². The number of rotatable bonds is 4. The number of halogens is 3. The normalized spacial score (nSPS) is 19.4. The van der Waals surface area contributed by atoms with E-state index in [0.29, 0.717) is 10.6 Å². The van der Waals surface area contributed by atoms with E-state index in [2.05, 4.69) is 5.32 Å². The number of carbonyl (C=O) groups excluding carboxylic acids is 1. The van der Waals surface area contributed by atoms with Crippen LogP contribution >= 0.6 is 11.6 Å². The third kappa shape index (κ3) is 4.16. The summed E-state index contributed by atoms with van der Waals surface area (Å²) in [6, 6.07) is 4.86. The summed E-state index contributed by atoms with van der Waals surface area (Å²) in [6.45, 7) is 0. The van der Waals surface area contributed by atoms with Crippen molar-refractivity contribution in [3.8, 4) is 0 Å². The summed E-state index contributed by atoms with van der Waals surface area (Å²) in [7, 11) is 0. The quantitative estimate of drug-likeness (QED) is 0.888. The molecule has 0 saturated heterocycles. The molecule has 0 aliphatic heterocycles. The molecule has 0 bridgehead atoms. The van der Waals surface area contributed by atoms with E-state index in [0.717, 1.165) is 0 Å². The Bertz CT molecular complexity index is 552. The lowest BCUT2D eigenvalue weighted by atomic mass is 9.86. The Balaban J connectivity index is 2.04. The molecule has 1 aromatic carbocycles. The zero-order valence-corrected chi connectivity index (χ0v) is 12.4. The average molecular weight is 332 g/mol. The van der Waals surface area contributed by atoms with Crippen molar-refractivity contribution in [1.29, 1.82) is 0 Å². The SMILES string of the molecule is O=C(N[C@H](C(=O)O)c1ccc(Cl)cc1)C1CCC(F)(F)CC1.